The largest absolute Gasteiger partial charge is 0.306 e. The number of hydrogen-bond donors (Lipinski definition) is 0. The van der Waals surface area contributed by atoms with Gasteiger partial charge >= 0.3 is 0 Å². The van der Waals surface area contributed by atoms with Crippen molar-refractivity contribution in [3.8, 4) is 0 Å². The van der Waals surface area contributed by atoms with Crippen molar-refractivity contribution in [1.82, 2.24) is 9.80 Å². The number of rotatable bonds is 4. The average molecular weight is 361 g/mol. The molecule has 2 aliphatic rings. The first-order chi connectivity index (χ1) is 12.2. The lowest BCUT2D eigenvalue weighted by atomic mass is 9.72. The molecule has 150 valence electrons. The maximum absolute atomic E-state index is 2.66. The molecular weight excluding hydrogens is 316 g/mol. The third-order valence-electron chi connectivity index (χ3n) is 6.28. The van der Waals surface area contributed by atoms with E-state index >= 15 is 0 Å². The Kier molecular flexibility index (Phi) is 10.5. The molecule has 0 saturated carbocycles. The lowest BCUT2D eigenvalue weighted by molar-refractivity contribution is 0.0563. The molecule has 2 fully saturated rings. The van der Waals surface area contributed by atoms with E-state index in [0.717, 1.165) is 24.3 Å². The lowest BCUT2D eigenvalue weighted by Gasteiger charge is -2.43. The SMILES string of the molecule is C.CC.CC[C@H]1CN(C)CCC1C1CCN(Cc2ccc(C)cc2)CC1. The molecule has 2 atom stereocenters. The third-order valence-corrected chi connectivity index (χ3v) is 6.28. The summed E-state index contributed by atoms with van der Waals surface area (Å²) in [5.41, 5.74) is 2.83. The van der Waals surface area contributed by atoms with Gasteiger partial charge in [-0.3, -0.25) is 4.90 Å². The van der Waals surface area contributed by atoms with Crippen LogP contribution in [0.3, 0.4) is 0 Å². The molecule has 0 radical (unpaired) electrons. The Morgan fingerprint density at radius 2 is 1.58 bits per heavy atom. The van der Waals surface area contributed by atoms with E-state index in [9.17, 15) is 0 Å². The number of nitrogens with zero attached hydrogens (tertiary/aromatic N) is 2. The Labute approximate surface area is 164 Å². The highest BCUT2D eigenvalue weighted by Gasteiger charge is 2.34. The summed E-state index contributed by atoms with van der Waals surface area (Å²) in [5.74, 6) is 2.89. The van der Waals surface area contributed by atoms with Crippen LogP contribution < -0.4 is 0 Å². The monoisotopic (exact) mass is 360 g/mol. The van der Waals surface area contributed by atoms with Crippen molar-refractivity contribution < 1.29 is 0 Å². The Hall–Kier alpha value is -0.860. The molecule has 0 bridgehead atoms. The van der Waals surface area contributed by atoms with Gasteiger partial charge in [-0.05, 0) is 76.2 Å². The number of aryl methyl sites for hydroxylation is 1. The molecule has 0 aromatic heterocycles. The van der Waals surface area contributed by atoms with E-state index in [1.165, 1.54) is 63.0 Å². The fourth-order valence-electron chi connectivity index (χ4n) is 4.78. The molecule has 0 spiro atoms. The third kappa shape index (κ3) is 6.39. The van der Waals surface area contributed by atoms with Crippen LogP contribution in [-0.2, 0) is 6.54 Å². The maximum Gasteiger partial charge on any atom is 0.0233 e. The van der Waals surface area contributed by atoms with Crippen molar-refractivity contribution >= 4 is 0 Å². The number of piperidine rings is 2. The first kappa shape index (κ1) is 23.2. The molecule has 1 aromatic rings. The Bertz CT molecular complexity index is 473. The summed E-state index contributed by atoms with van der Waals surface area (Å²) < 4.78 is 0. The highest BCUT2D eigenvalue weighted by molar-refractivity contribution is 5.21. The van der Waals surface area contributed by atoms with Crippen LogP contribution in [0.2, 0.25) is 0 Å². The zero-order chi connectivity index (χ0) is 18.2. The molecule has 0 aliphatic carbocycles. The summed E-state index contributed by atoms with van der Waals surface area (Å²) in [7, 11) is 2.29. The van der Waals surface area contributed by atoms with Gasteiger partial charge in [0.15, 0.2) is 0 Å². The molecule has 2 aliphatic heterocycles. The first-order valence-electron chi connectivity index (χ1n) is 10.6. The lowest BCUT2D eigenvalue weighted by Crippen LogP contribution is -2.44. The van der Waals surface area contributed by atoms with Gasteiger partial charge in [0.2, 0.25) is 0 Å². The normalized spacial score (nSPS) is 25.1. The van der Waals surface area contributed by atoms with Crippen molar-refractivity contribution in [2.24, 2.45) is 17.8 Å². The Morgan fingerprint density at radius 1 is 0.962 bits per heavy atom. The topological polar surface area (TPSA) is 6.48 Å². The second kappa shape index (κ2) is 11.8. The molecule has 3 rings (SSSR count). The highest BCUT2D eigenvalue weighted by Crippen LogP contribution is 2.37. The van der Waals surface area contributed by atoms with Crippen LogP contribution in [0.5, 0.6) is 0 Å². The standard InChI is InChI=1S/C21H34N2.C2H6.CH4/c1-4-19-16-22(3)12-11-21(19)20-9-13-23(14-10-20)15-18-7-5-17(2)6-8-18;1-2;/h5-8,19-21H,4,9-16H2,1-3H3;1-2H3;1H4/t19-,21?;;/m0../s1. The molecular formula is C24H44N2. The van der Waals surface area contributed by atoms with Crippen LogP contribution in [0.15, 0.2) is 24.3 Å². The minimum absolute atomic E-state index is 0. The van der Waals surface area contributed by atoms with Gasteiger partial charge in [-0.2, -0.15) is 0 Å². The molecule has 1 aromatic carbocycles. The molecule has 26 heavy (non-hydrogen) atoms. The van der Waals surface area contributed by atoms with E-state index in [-0.39, 0.29) is 7.43 Å². The summed E-state index contributed by atoms with van der Waals surface area (Å²) in [6.07, 6.45) is 5.61. The minimum atomic E-state index is 0. The van der Waals surface area contributed by atoms with Gasteiger partial charge in [0.1, 0.15) is 0 Å². The zero-order valence-electron chi connectivity index (χ0n) is 17.3. The molecule has 2 nitrogen and oxygen atoms in total. The van der Waals surface area contributed by atoms with E-state index in [1.54, 1.807) is 0 Å². The molecule has 1 unspecified atom stereocenters. The van der Waals surface area contributed by atoms with Gasteiger partial charge < -0.3 is 4.90 Å². The Balaban J connectivity index is 0.00000109. The second-order valence-corrected chi connectivity index (χ2v) is 7.98. The smallest absolute Gasteiger partial charge is 0.0233 e. The van der Waals surface area contributed by atoms with E-state index in [4.69, 9.17) is 0 Å². The highest BCUT2D eigenvalue weighted by atomic mass is 15.1. The van der Waals surface area contributed by atoms with Crippen molar-refractivity contribution in [3.63, 3.8) is 0 Å². The van der Waals surface area contributed by atoms with E-state index in [0.29, 0.717) is 0 Å². The van der Waals surface area contributed by atoms with Crippen molar-refractivity contribution in [2.45, 2.75) is 67.3 Å². The van der Waals surface area contributed by atoms with Gasteiger partial charge in [-0.1, -0.05) is 64.4 Å². The summed E-state index contributed by atoms with van der Waals surface area (Å²) in [6.45, 7) is 14.9. The number of hydrogen-bond acceptors (Lipinski definition) is 2. The van der Waals surface area contributed by atoms with Gasteiger partial charge in [0.05, 0.1) is 0 Å². The summed E-state index contributed by atoms with van der Waals surface area (Å²) >= 11 is 0. The zero-order valence-corrected chi connectivity index (χ0v) is 17.3. The van der Waals surface area contributed by atoms with Crippen LogP contribution in [-0.4, -0.2) is 43.0 Å². The quantitative estimate of drug-likeness (QED) is 0.665. The summed E-state index contributed by atoms with van der Waals surface area (Å²) in [6, 6.07) is 9.08. The van der Waals surface area contributed by atoms with Gasteiger partial charge in [-0.15, -0.1) is 0 Å². The van der Waals surface area contributed by atoms with Crippen molar-refractivity contribution in [2.75, 3.05) is 33.2 Å². The fourth-order valence-corrected chi connectivity index (χ4v) is 4.78. The van der Waals surface area contributed by atoms with Crippen LogP contribution in [0.25, 0.3) is 0 Å². The molecule has 2 saturated heterocycles. The van der Waals surface area contributed by atoms with E-state index in [2.05, 4.69) is 55.0 Å². The average Bonchev–Trinajstić information content (AvgIpc) is 2.66. The first-order valence-corrected chi connectivity index (χ1v) is 10.6. The van der Waals surface area contributed by atoms with Gasteiger partial charge in [0.25, 0.3) is 0 Å². The number of benzene rings is 1. The predicted molar refractivity (Wildman–Crippen MR) is 117 cm³/mol. The van der Waals surface area contributed by atoms with E-state index < -0.39 is 0 Å². The van der Waals surface area contributed by atoms with Gasteiger partial charge in [0, 0.05) is 13.1 Å². The molecule has 2 heterocycles. The van der Waals surface area contributed by atoms with Crippen LogP contribution in [0, 0.1) is 24.7 Å². The fraction of sp³-hybridized carbons (Fsp3) is 0.750. The van der Waals surface area contributed by atoms with E-state index in [1.807, 2.05) is 13.8 Å². The van der Waals surface area contributed by atoms with Crippen molar-refractivity contribution in [1.29, 1.82) is 0 Å². The van der Waals surface area contributed by atoms with Crippen LogP contribution in [0.1, 0.15) is 65.0 Å². The molecule has 0 amide bonds. The molecule has 0 N–H and O–H groups in total. The second-order valence-electron chi connectivity index (χ2n) is 7.98. The summed E-state index contributed by atoms with van der Waals surface area (Å²) in [5, 5.41) is 0. The van der Waals surface area contributed by atoms with Crippen molar-refractivity contribution in [3.05, 3.63) is 35.4 Å². The van der Waals surface area contributed by atoms with Crippen LogP contribution in [0.4, 0.5) is 0 Å². The Morgan fingerprint density at radius 3 is 2.15 bits per heavy atom. The minimum Gasteiger partial charge on any atom is -0.306 e. The summed E-state index contributed by atoms with van der Waals surface area (Å²) in [4.78, 5) is 5.20. The molecule has 2 heteroatoms. The van der Waals surface area contributed by atoms with Crippen LogP contribution >= 0.6 is 0 Å². The maximum atomic E-state index is 2.66. The predicted octanol–water partition coefficient (Wildman–Crippen LogP) is 5.85. The number of likely N-dealkylation sites (tertiary alicyclic amines) is 2. The van der Waals surface area contributed by atoms with Gasteiger partial charge in [-0.25, -0.2) is 0 Å².